The molecule has 0 spiro atoms. The zero-order valence-electron chi connectivity index (χ0n) is 15.8. The fourth-order valence-electron chi connectivity index (χ4n) is 3.66. The molecule has 0 amide bonds. The molecule has 4 heteroatoms. The van der Waals surface area contributed by atoms with Gasteiger partial charge in [0.05, 0.1) is 12.7 Å². The van der Waals surface area contributed by atoms with Crippen molar-refractivity contribution in [1.29, 1.82) is 0 Å². The van der Waals surface area contributed by atoms with Crippen LogP contribution in [0.2, 0.25) is 0 Å². The van der Waals surface area contributed by atoms with Crippen LogP contribution < -0.4 is 0 Å². The van der Waals surface area contributed by atoms with Gasteiger partial charge in [-0.2, -0.15) is 0 Å². The van der Waals surface area contributed by atoms with E-state index in [1.807, 2.05) is 19.9 Å². The van der Waals surface area contributed by atoms with Crippen molar-refractivity contribution in [1.82, 2.24) is 0 Å². The van der Waals surface area contributed by atoms with E-state index in [9.17, 15) is 13.2 Å². The number of halogens is 3. The fourth-order valence-corrected chi connectivity index (χ4v) is 3.66. The molecule has 0 saturated carbocycles. The van der Waals surface area contributed by atoms with Crippen molar-refractivity contribution in [3.05, 3.63) is 71.1 Å². The molecule has 2 aromatic rings. The van der Waals surface area contributed by atoms with E-state index in [4.69, 9.17) is 4.74 Å². The van der Waals surface area contributed by atoms with E-state index >= 15 is 0 Å². The highest BCUT2D eigenvalue weighted by Crippen LogP contribution is 2.36. The zero-order valence-corrected chi connectivity index (χ0v) is 15.8. The van der Waals surface area contributed by atoms with Crippen LogP contribution in [0.1, 0.15) is 50.3 Å². The van der Waals surface area contributed by atoms with Gasteiger partial charge in [-0.15, -0.1) is 0 Å². The number of aryl methyl sites for hydroxylation is 1. The third-order valence-electron chi connectivity index (χ3n) is 5.12. The Labute approximate surface area is 158 Å². The Balaban J connectivity index is 1.84. The van der Waals surface area contributed by atoms with Crippen LogP contribution in [0, 0.1) is 23.4 Å². The summed E-state index contributed by atoms with van der Waals surface area (Å²) in [6, 6.07) is 7.65. The lowest BCUT2D eigenvalue weighted by atomic mass is 9.92. The van der Waals surface area contributed by atoms with Gasteiger partial charge in [-0.25, -0.2) is 13.2 Å². The van der Waals surface area contributed by atoms with E-state index in [1.54, 1.807) is 18.2 Å². The Bertz CT molecular complexity index is 821. The quantitative estimate of drug-likeness (QED) is 0.525. The number of hydrogen-bond donors (Lipinski definition) is 0. The second-order valence-corrected chi connectivity index (χ2v) is 7.07. The van der Waals surface area contributed by atoms with E-state index in [1.165, 1.54) is 12.1 Å². The number of allylic oxidation sites excluding steroid dienone is 1. The predicted molar refractivity (Wildman–Crippen MR) is 102 cm³/mol. The molecule has 2 unspecified atom stereocenters. The summed E-state index contributed by atoms with van der Waals surface area (Å²) in [5, 5.41) is 0. The summed E-state index contributed by atoms with van der Waals surface area (Å²) in [6.07, 6.45) is 6.58. The molecule has 1 saturated heterocycles. The Hall–Kier alpha value is -2.07. The van der Waals surface area contributed by atoms with E-state index < -0.39 is 17.7 Å². The minimum absolute atomic E-state index is 0.0702. The summed E-state index contributed by atoms with van der Waals surface area (Å²) in [7, 11) is 0. The molecular formula is C23H25F3O. The Morgan fingerprint density at radius 3 is 2.52 bits per heavy atom. The van der Waals surface area contributed by atoms with Gasteiger partial charge in [0.2, 0.25) is 0 Å². The molecule has 1 aliphatic rings. The Kier molecular flexibility index (Phi) is 6.38. The largest absolute Gasteiger partial charge is 0.373 e. The highest BCUT2D eigenvalue weighted by Gasteiger charge is 2.26. The topological polar surface area (TPSA) is 9.23 Å². The van der Waals surface area contributed by atoms with Gasteiger partial charge in [-0.05, 0) is 43.4 Å². The lowest BCUT2D eigenvalue weighted by Crippen LogP contribution is -2.20. The Morgan fingerprint density at radius 2 is 1.89 bits per heavy atom. The minimum Gasteiger partial charge on any atom is -0.373 e. The monoisotopic (exact) mass is 374 g/mol. The van der Waals surface area contributed by atoms with Crippen molar-refractivity contribution in [3.8, 4) is 11.1 Å². The van der Waals surface area contributed by atoms with Crippen LogP contribution in [0.15, 0.2) is 42.5 Å². The minimum atomic E-state index is -0.950. The smallest absolute Gasteiger partial charge is 0.167 e. The maximum absolute atomic E-state index is 14.7. The first-order chi connectivity index (χ1) is 13.0. The summed E-state index contributed by atoms with van der Waals surface area (Å²) in [5.41, 5.74) is 1.23. The molecule has 0 bridgehead atoms. The predicted octanol–water partition coefficient (Wildman–Crippen LogP) is 6.77. The molecule has 2 aromatic carbocycles. The van der Waals surface area contributed by atoms with E-state index in [0.717, 1.165) is 12.8 Å². The van der Waals surface area contributed by atoms with Gasteiger partial charge in [0, 0.05) is 17.0 Å². The third-order valence-corrected chi connectivity index (χ3v) is 5.12. The molecule has 3 rings (SSSR count). The van der Waals surface area contributed by atoms with Crippen LogP contribution in [0.3, 0.4) is 0 Å². The van der Waals surface area contributed by atoms with Crippen molar-refractivity contribution < 1.29 is 17.9 Å². The zero-order chi connectivity index (χ0) is 19.4. The van der Waals surface area contributed by atoms with Crippen LogP contribution in [-0.2, 0) is 11.2 Å². The van der Waals surface area contributed by atoms with Crippen LogP contribution in [0.25, 0.3) is 11.1 Å². The summed E-state index contributed by atoms with van der Waals surface area (Å²) in [4.78, 5) is 0. The first kappa shape index (κ1) is 19.7. The molecule has 144 valence electrons. The number of ether oxygens (including phenoxy) is 1. The van der Waals surface area contributed by atoms with Gasteiger partial charge in [-0.3, -0.25) is 0 Å². The van der Waals surface area contributed by atoms with Crippen molar-refractivity contribution in [3.63, 3.8) is 0 Å². The standard InChI is InChI=1S/C23H25F3O/c1-3-5-15-7-12-21(27-14-15)19-11-10-18(22(25)23(19)26)17-9-8-16(6-4-2)20(24)13-17/h3,5,8-11,13,15,21H,4,6-7,12,14H2,1-2H3/b5-3+. The summed E-state index contributed by atoms with van der Waals surface area (Å²) < 4.78 is 49.4. The highest BCUT2D eigenvalue weighted by atomic mass is 19.2. The first-order valence-electron chi connectivity index (χ1n) is 9.56. The normalized spacial score (nSPS) is 20.3. The van der Waals surface area contributed by atoms with Gasteiger partial charge in [0.25, 0.3) is 0 Å². The van der Waals surface area contributed by atoms with Crippen LogP contribution >= 0.6 is 0 Å². The molecule has 0 aliphatic carbocycles. The molecular weight excluding hydrogens is 349 g/mol. The van der Waals surface area contributed by atoms with Gasteiger partial charge in [0.1, 0.15) is 5.82 Å². The molecule has 1 heterocycles. The molecule has 2 atom stereocenters. The van der Waals surface area contributed by atoms with E-state index in [2.05, 4.69) is 6.08 Å². The number of rotatable bonds is 5. The van der Waals surface area contributed by atoms with E-state index in [-0.39, 0.29) is 16.9 Å². The average molecular weight is 374 g/mol. The first-order valence-corrected chi connectivity index (χ1v) is 9.56. The molecule has 1 nitrogen and oxygen atoms in total. The molecule has 27 heavy (non-hydrogen) atoms. The SMILES string of the molecule is C/C=C/C1CCC(c2ccc(-c3ccc(CCC)c(F)c3)c(F)c2F)OC1. The molecule has 0 radical (unpaired) electrons. The van der Waals surface area contributed by atoms with Crippen LogP contribution in [0.4, 0.5) is 13.2 Å². The molecule has 0 aromatic heterocycles. The maximum atomic E-state index is 14.7. The van der Waals surface area contributed by atoms with Crippen LogP contribution in [-0.4, -0.2) is 6.61 Å². The molecule has 0 N–H and O–H groups in total. The summed E-state index contributed by atoms with van der Waals surface area (Å²) >= 11 is 0. The summed E-state index contributed by atoms with van der Waals surface area (Å²) in [5.74, 6) is -1.92. The lowest BCUT2D eigenvalue weighted by Gasteiger charge is -2.28. The van der Waals surface area contributed by atoms with Gasteiger partial charge >= 0.3 is 0 Å². The average Bonchev–Trinajstić information content (AvgIpc) is 2.67. The van der Waals surface area contributed by atoms with Gasteiger partial charge < -0.3 is 4.74 Å². The van der Waals surface area contributed by atoms with Crippen molar-refractivity contribution >= 4 is 0 Å². The third kappa shape index (κ3) is 4.27. The number of benzene rings is 2. The number of hydrogen-bond acceptors (Lipinski definition) is 1. The lowest BCUT2D eigenvalue weighted by molar-refractivity contribution is -0.00743. The molecule has 1 aliphatic heterocycles. The fraction of sp³-hybridized carbons (Fsp3) is 0.391. The van der Waals surface area contributed by atoms with Crippen molar-refractivity contribution in [2.45, 2.75) is 45.6 Å². The second-order valence-electron chi connectivity index (χ2n) is 7.07. The van der Waals surface area contributed by atoms with E-state index in [0.29, 0.717) is 36.5 Å². The van der Waals surface area contributed by atoms with Gasteiger partial charge in [0.15, 0.2) is 11.6 Å². The van der Waals surface area contributed by atoms with Gasteiger partial charge in [-0.1, -0.05) is 49.8 Å². The van der Waals surface area contributed by atoms with Crippen molar-refractivity contribution in [2.24, 2.45) is 5.92 Å². The summed E-state index contributed by atoms with van der Waals surface area (Å²) in [6.45, 7) is 4.43. The molecule has 1 fully saturated rings. The highest BCUT2D eigenvalue weighted by molar-refractivity contribution is 5.65. The van der Waals surface area contributed by atoms with Crippen molar-refractivity contribution in [2.75, 3.05) is 6.61 Å². The second kappa shape index (κ2) is 8.75. The van der Waals surface area contributed by atoms with Crippen LogP contribution in [0.5, 0.6) is 0 Å². The Morgan fingerprint density at radius 1 is 1.07 bits per heavy atom. The maximum Gasteiger partial charge on any atom is 0.167 e.